The van der Waals surface area contributed by atoms with E-state index in [1.807, 2.05) is 26.0 Å². The lowest BCUT2D eigenvalue weighted by molar-refractivity contribution is -0.124. The normalized spacial score (nSPS) is 15.9. The quantitative estimate of drug-likeness (QED) is 0.903. The topological polar surface area (TPSA) is 38.3 Å². The van der Waals surface area contributed by atoms with Gasteiger partial charge in [-0.15, -0.1) is 0 Å². The minimum atomic E-state index is -0.0184. The van der Waals surface area contributed by atoms with Crippen molar-refractivity contribution in [1.82, 2.24) is 5.32 Å². The second-order valence-corrected chi connectivity index (χ2v) is 6.36. The van der Waals surface area contributed by atoms with Crippen LogP contribution in [0, 0.1) is 13.8 Å². The van der Waals surface area contributed by atoms with Crippen molar-refractivity contribution < 1.29 is 9.53 Å². The zero-order valence-electron chi connectivity index (χ0n) is 12.2. The van der Waals surface area contributed by atoms with Crippen molar-refractivity contribution in [2.24, 2.45) is 0 Å². The summed E-state index contributed by atoms with van der Waals surface area (Å²) in [4.78, 5) is 11.9. The van der Waals surface area contributed by atoms with Crippen molar-refractivity contribution in [1.29, 1.82) is 0 Å². The Hall–Kier alpha value is -1.03. The highest BCUT2D eigenvalue weighted by Gasteiger charge is 2.15. The largest absolute Gasteiger partial charge is 0.484 e. The fraction of sp³-hybridized carbons (Fsp3) is 0.562. The number of carbonyl (C=O) groups is 1. The van der Waals surface area contributed by atoms with Crippen molar-refractivity contribution in [3.05, 3.63) is 27.7 Å². The van der Waals surface area contributed by atoms with Crippen molar-refractivity contribution >= 4 is 21.8 Å². The lowest BCUT2D eigenvalue weighted by atomic mass is 9.95. The summed E-state index contributed by atoms with van der Waals surface area (Å²) in [6, 6.07) is 4.24. The van der Waals surface area contributed by atoms with Crippen LogP contribution in [-0.2, 0) is 4.79 Å². The number of amides is 1. The molecule has 3 nitrogen and oxygen atoms in total. The Kier molecular flexibility index (Phi) is 5.46. The second-order valence-electron chi connectivity index (χ2n) is 5.56. The van der Waals surface area contributed by atoms with Gasteiger partial charge < -0.3 is 10.1 Å². The molecule has 20 heavy (non-hydrogen) atoms. The van der Waals surface area contributed by atoms with Gasteiger partial charge in [-0.3, -0.25) is 4.79 Å². The van der Waals surface area contributed by atoms with Crippen LogP contribution < -0.4 is 10.1 Å². The van der Waals surface area contributed by atoms with Gasteiger partial charge in [-0.25, -0.2) is 0 Å². The van der Waals surface area contributed by atoms with E-state index in [0.717, 1.165) is 34.2 Å². The van der Waals surface area contributed by atoms with Crippen molar-refractivity contribution in [2.75, 3.05) is 6.61 Å². The van der Waals surface area contributed by atoms with Gasteiger partial charge in [0.2, 0.25) is 0 Å². The molecule has 0 spiro atoms. The molecule has 1 N–H and O–H groups in total. The third kappa shape index (κ3) is 4.23. The first-order valence-electron chi connectivity index (χ1n) is 7.25. The molecule has 0 saturated heterocycles. The Morgan fingerprint density at radius 1 is 1.25 bits per heavy atom. The maximum absolute atomic E-state index is 11.9. The van der Waals surface area contributed by atoms with Crippen LogP contribution in [0.4, 0.5) is 0 Å². The number of benzene rings is 1. The molecule has 4 heteroatoms. The lowest BCUT2D eigenvalue weighted by Crippen LogP contribution is -2.38. The minimum absolute atomic E-state index is 0.0184. The molecule has 1 aromatic rings. The molecule has 1 aliphatic carbocycles. The second kappa shape index (κ2) is 7.11. The molecule has 1 aromatic carbocycles. The Morgan fingerprint density at radius 3 is 2.45 bits per heavy atom. The number of hydrogen-bond donors (Lipinski definition) is 1. The number of carbonyl (C=O) groups excluding carboxylic acids is 1. The third-order valence-electron chi connectivity index (χ3n) is 3.75. The smallest absolute Gasteiger partial charge is 0.258 e. The lowest BCUT2D eigenvalue weighted by Gasteiger charge is -2.22. The average Bonchev–Trinajstić information content (AvgIpc) is 2.43. The fourth-order valence-corrected chi connectivity index (χ4v) is 2.88. The van der Waals surface area contributed by atoms with E-state index >= 15 is 0 Å². The van der Waals surface area contributed by atoms with Crippen molar-refractivity contribution in [3.63, 3.8) is 0 Å². The highest BCUT2D eigenvalue weighted by molar-refractivity contribution is 9.10. The molecular weight excluding hydrogens is 318 g/mol. The van der Waals surface area contributed by atoms with E-state index in [-0.39, 0.29) is 12.5 Å². The van der Waals surface area contributed by atoms with Gasteiger partial charge in [-0.2, -0.15) is 0 Å². The molecule has 1 saturated carbocycles. The summed E-state index contributed by atoms with van der Waals surface area (Å²) < 4.78 is 6.69. The number of aryl methyl sites for hydroxylation is 2. The van der Waals surface area contributed by atoms with Gasteiger partial charge in [-0.05, 0) is 49.9 Å². The van der Waals surface area contributed by atoms with Crippen LogP contribution in [0.3, 0.4) is 0 Å². The highest BCUT2D eigenvalue weighted by atomic mass is 79.9. The summed E-state index contributed by atoms with van der Waals surface area (Å²) in [7, 11) is 0. The van der Waals surface area contributed by atoms with Crippen LogP contribution in [0.2, 0.25) is 0 Å². The summed E-state index contributed by atoms with van der Waals surface area (Å²) in [6.07, 6.45) is 5.93. The molecule has 0 bridgehead atoms. The van der Waals surface area contributed by atoms with Crippen LogP contribution in [0.5, 0.6) is 5.75 Å². The Morgan fingerprint density at radius 2 is 1.85 bits per heavy atom. The number of hydrogen-bond acceptors (Lipinski definition) is 2. The monoisotopic (exact) mass is 339 g/mol. The first-order valence-corrected chi connectivity index (χ1v) is 8.04. The molecule has 110 valence electrons. The molecule has 2 rings (SSSR count). The summed E-state index contributed by atoms with van der Waals surface area (Å²) in [6.45, 7) is 4.13. The third-order valence-corrected chi connectivity index (χ3v) is 5.00. The van der Waals surface area contributed by atoms with Crippen molar-refractivity contribution in [2.45, 2.75) is 52.0 Å². The van der Waals surface area contributed by atoms with Crippen LogP contribution in [-0.4, -0.2) is 18.6 Å². The summed E-state index contributed by atoms with van der Waals surface area (Å²) >= 11 is 3.52. The van der Waals surface area contributed by atoms with Gasteiger partial charge in [-0.1, -0.05) is 35.2 Å². The van der Waals surface area contributed by atoms with E-state index < -0.39 is 0 Å². The maximum atomic E-state index is 11.9. The van der Waals surface area contributed by atoms with Crippen LogP contribution >= 0.6 is 15.9 Å². The Balaban J connectivity index is 1.83. The van der Waals surface area contributed by atoms with Crippen LogP contribution in [0.15, 0.2) is 16.6 Å². The first-order chi connectivity index (χ1) is 9.56. The Bertz CT molecular complexity index is 458. The van der Waals surface area contributed by atoms with E-state index in [1.165, 1.54) is 19.3 Å². The van der Waals surface area contributed by atoms with Crippen LogP contribution in [0.1, 0.15) is 43.2 Å². The van der Waals surface area contributed by atoms with Gasteiger partial charge >= 0.3 is 0 Å². The number of ether oxygens (including phenoxy) is 1. The molecule has 0 atom stereocenters. The zero-order chi connectivity index (χ0) is 14.5. The molecule has 1 amide bonds. The first kappa shape index (κ1) is 15.4. The molecule has 0 radical (unpaired) electrons. The Labute approximate surface area is 129 Å². The van der Waals surface area contributed by atoms with E-state index in [1.54, 1.807) is 0 Å². The molecule has 1 fully saturated rings. The standard InChI is InChI=1S/C16H22BrNO2/c1-11-8-14(9-12(2)16(11)17)20-10-15(19)18-13-6-4-3-5-7-13/h8-9,13H,3-7,10H2,1-2H3,(H,18,19). The summed E-state index contributed by atoms with van der Waals surface area (Å²) in [5.74, 6) is 0.733. The fourth-order valence-electron chi connectivity index (χ4n) is 2.65. The molecular formula is C16H22BrNO2. The summed E-state index contributed by atoms with van der Waals surface area (Å²) in [5, 5.41) is 3.06. The van der Waals surface area contributed by atoms with E-state index in [9.17, 15) is 4.79 Å². The SMILES string of the molecule is Cc1cc(OCC(=O)NC2CCCCC2)cc(C)c1Br. The number of halogens is 1. The van der Waals surface area contributed by atoms with E-state index in [0.29, 0.717) is 6.04 Å². The molecule has 0 heterocycles. The van der Waals surface area contributed by atoms with Gasteiger partial charge in [0.05, 0.1) is 0 Å². The predicted octanol–water partition coefficient (Wildman–Crippen LogP) is 3.89. The van der Waals surface area contributed by atoms with E-state index in [2.05, 4.69) is 21.2 Å². The number of nitrogens with one attached hydrogen (secondary N) is 1. The van der Waals surface area contributed by atoms with E-state index in [4.69, 9.17) is 4.74 Å². The highest BCUT2D eigenvalue weighted by Crippen LogP contribution is 2.26. The van der Waals surface area contributed by atoms with Crippen molar-refractivity contribution in [3.8, 4) is 5.75 Å². The van der Waals surface area contributed by atoms with Crippen LogP contribution in [0.25, 0.3) is 0 Å². The van der Waals surface area contributed by atoms with Gasteiger partial charge in [0.15, 0.2) is 6.61 Å². The molecule has 1 aliphatic rings. The molecule has 0 aliphatic heterocycles. The zero-order valence-corrected chi connectivity index (χ0v) is 13.8. The molecule has 0 aromatic heterocycles. The van der Waals surface area contributed by atoms with Gasteiger partial charge in [0.1, 0.15) is 5.75 Å². The maximum Gasteiger partial charge on any atom is 0.258 e. The van der Waals surface area contributed by atoms with Gasteiger partial charge in [0.25, 0.3) is 5.91 Å². The van der Waals surface area contributed by atoms with Gasteiger partial charge in [0, 0.05) is 10.5 Å². The summed E-state index contributed by atoms with van der Waals surface area (Å²) in [5.41, 5.74) is 2.24. The average molecular weight is 340 g/mol. The minimum Gasteiger partial charge on any atom is -0.484 e. The predicted molar refractivity (Wildman–Crippen MR) is 84.1 cm³/mol. The number of rotatable bonds is 4. The molecule has 0 unspecified atom stereocenters.